The van der Waals surface area contributed by atoms with Gasteiger partial charge in [0.05, 0.1) is 6.10 Å². The molecule has 0 fully saturated rings. The molecule has 4 heteroatoms. The first kappa shape index (κ1) is 16.0. The molecule has 0 spiro atoms. The number of likely N-dealkylation sites (N-methyl/N-ethyl adjacent to an activating group) is 1. The first-order valence-corrected chi connectivity index (χ1v) is 8.01. The van der Waals surface area contributed by atoms with Gasteiger partial charge < -0.3 is 10.0 Å². The van der Waals surface area contributed by atoms with Crippen LogP contribution in [0.1, 0.15) is 36.0 Å². The number of thiophene rings is 1. The van der Waals surface area contributed by atoms with E-state index >= 15 is 0 Å². The van der Waals surface area contributed by atoms with Gasteiger partial charge in [-0.25, -0.2) is 4.39 Å². The maximum Gasteiger partial charge on any atom is 0.126 e. The van der Waals surface area contributed by atoms with Crippen LogP contribution in [-0.4, -0.2) is 18.2 Å². The van der Waals surface area contributed by atoms with Gasteiger partial charge in [0.15, 0.2) is 0 Å². The average molecular weight is 307 g/mol. The standard InChI is InChI=1S/C17H22FNOS/c1-11-8-17(15(13(3)20)10-16(11)18)19(4)12(2)9-14-6-5-7-21-14/h5-8,10,12-13,20H,9H2,1-4H3. The quantitative estimate of drug-likeness (QED) is 0.889. The van der Waals surface area contributed by atoms with Crippen molar-refractivity contribution in [1.82, 2.24) is 0 Å². The number of aliphatic hydroxyl groups excluding tert-OH is 1. The molecule has 0 radical (unpaired) electrons. The van der Waals surface area contributed by atoms with Gasteiger partial charge in [0.25, 0.3) is 0 Å². The lowest BCUT2D eigenvalue weighted by atomic mass is 10.0. The summed E-state index contributed by atoms with van der Waals surface area (Å²) in [5, 5.41) is 12.0. The summed E-state index contributed by atoms with van der Waals surface area (Å²) in [4.78, 5) is 3.44. The number of nitrogens with zero attached hydrogens (tertiary/aromatic N) is 1. The molecule has 0 aliphatic carbocycles. The summed E-state index contributed by atoms with van der Waals surface area (Å²) in [5.41, 5.74) is 2.14. The molecule has 2 unspecified atom stereocenters. The van der Waals surface area contributed by atoms with Crippen molar-refractivity contribution in [2.45, 2.75) is 39.3 Å². The van der Waals surface area contributed by atoms with E-state index in [0.717, 1.165) is 12.1 Å². The van der Waals surface area contributed by atoms with Gasteiger partial charge in [-0.1, -0.05) is 6.07 Å². The first-order valence-electron chi connectivity index (χ1n) is 7.13. The zero-order valence-corrected chi connectivity index (χ0v) is 13.7. The highest BCUT2D eigenvalue weighted by molar-refractivity contribution is 7.09. The summed E-state index contributed by atoms with van der Waals surface area (Å²) in [5.74, 6) is -0.269. The Hall–Kier alpha value is -1.39. The molecule has 21 heavy (non-hydrogen) atoms. The summed E-state index contributed by atoms with van der Waals surface area (Å²) in [7, 11) is 2.00. The molecule has 2 nitrogen and oxygen atoms in total. The zero-order valence-electron chi connectivity index (χ0n) is 12.9. The van der Waals surface area contributed by atoms with Crippen molar-refractivity contribution < 1.29 is 9.50 Å². The third kappa shape index (κ3) is 3.63. The van der Waals surface area contributed by atoms with E-state index < -0.39 is 6.10 Å². The minimum atomic E-state index is -0.688. The second kappa shape index (κ2) is 6.58. The van der Waals surface area contributed by atoms with Gasteiger partial charge in [-0.2, -0.15) is 0 Å². The molecule has 2 atom stereocenters. The highest BCUT2D eigenvalue weighted by atomic mass is 32.1. The second-order valence-corrected chi connectivity index (χ2v) is 6.61. The van der Waals surface area contributed by atoms with Crippen molar-refractivity contribution in [1.29, 1.82) is 0 Å². The Morgan fingerprint density at radius 2 is 2.05 bits per heavy atom. The van der Waals surface area contributed by atoms with Gasteiger partial charge in [0.2, 0.25) is 0 Å². The van der Waals surface area contributed by atoms with E-state index in [2.05, 4.69) is 29.3 Å². The molecule has 1 aromatic carbocycles. The third-order valence-corrected chi connectivity index (χ3v) is 4.77. The highest BCUT2D eigenvalue weighted by Crippen LogP contribution is 2.30. The monoisotopic (exact) mass is 307 g/mol. The SMILES string of the molecule is Cc1cc(N(C)C(C)Cc2cccs2)c(C(C)O)cc1F. The minimum Gasteiger partial charge on any atom is -0.389 e. The highest BCUT2D eigenvalue weighted by Gasteiger charge is 2.18. The molecule has 0 saturated heterocycles. The number of aryl methyl sites for hydroxylation is 1. The lowest BCUT2D eigenvalue weighted by molar-refractivity contribution is 0.199. The second-order valence-electron chi connectivity index (χ2n) is 5.58. The predicted octanol–water partition coefficient (Wildman–Crippen LogP) is 4.32. The maximum atomic E-state index is 13.8. The summed E-state index contributed by atoms with van der Waals surface area (Å²) in [6, 6.07) is 7.72. The fraction of sp³-hybridized carbons (Fsp3) is 0.412. The lowest BCUT2D eigenvalue weighted by Crippen LogP contribution is -2.31. The summed E-state index contributed by atoms with van der Waals surface area (Å²) < 4.78 is 13.8. The van der Waals surface area contributed by atoms with E-state index in [1.165, 1.54) is 10.9 Å². The third-order valence-electron chi connectivity index (χ3n) is 3.88. The van der Waals surface area contributed by atoms with Crippen LogP contribution >= 0.6 is 11.3 Å². The van der Waals surface area contributed by atoms with E-state index in [-0.39, 0.29) is 11.9 Å². The molecule has 0 amide bonds. The Balaban J connectivity index is 2.29. The van der Waals surface area contributed by atoms with Gasteiger partial charge in [-0.05, 0) is 49.9 Å². The number of rotatable bonds is 5. The van der Waals surface area contributed by atoms with Gasteiger partial charge >= 0.3 is 0 Å². The number of anilines is 1. The van der Waals surface area contributed by atoms with Crippen molar-refractivity contribution in [3.63, 3.8) is 0 Å². The van der Waals surface area contributed by atoms with Crippen LogP contribution in [0.15, 0.2) is 29.6 Å². The van der Waals surface area contributed by atoms with Crippen LogP contribution in [0.3, 0.4) is 0 Å². The van der Waals surface area contributed by atoms with Crippen LogP contribution in [0.2, 0.25) is 0 Å². The van der Waals surface area contributed by atoms with Crippen molar-refractivity contribution in [2.24, 2.45) is 0 Å². The minimum absolute atomic E-state index is 0.269. The Labute approximate surface area is 129 Å². The maximum absolute atomic E-state index is 13.8. The van der Waals surface area contributed by atoms with Gasteiger partial charge in [-0.15, -0.1) is 11.3 Å². The molecular formula is C17H22FNOS. The van der Waals surface area contributed by atoms with Gasteiger partial charge in [-0.3, -0.25) is 0 Å². The molecule has 0 saturated carbocycles. The van der Waals surface area contributed by atoms with E-state index in [1.54, 1.807) is 25.2 Å². The van der Waals surface area contributed by atoms with Crippen LogP contribution in [0.4, 0.5) is 10.1 Å². The fourth-order valence-electron chi connectivity index (χ4n) is 2.42. The number of hydrogen-bond acceptors (Lipinski definition) is 3. The Bertz CT molecular complexity index is 595. The van der Waals surface area contributed by atoms with E-state index in [1.807, 2.05) is 13.1 Å². The average Bonchev–Trinajstić information content (AvgIpc) is 2.93. The smallest absolute Gasteiger partial charge is 0.126 e. The summed E-state index contributed by atoms with van der Waals surface area (Å²) in [6.07, 6.45) is 0.246. The number of halogens is 1. The van der Waals surface area contributed by atoms with E-state index in [4.69, 9.17) is 0 Å². The van der Waals surface area contributed by atoms with Crippen LogP contribution in [0, 0.1) is 12.7 Å². The predicted molar refractivity (Wildman–Crippen MR) is 87.7 cm³/mol. The van der Waals surface area contributed by atoms with Crippen molar-refractivity contribution in [3.05, 3.63) is 51.5 Å². The van der Waals surface area contributed by atoms with Gasteiger partial charge in [0, 0.05) is 35.6 Å². The normalized spacial score (nSPS) is 14.0. The molecule has 2 rings (SSSR count). The Kier molecular flexibility index (Phi) is 5.01. The largest absolute Gasteiger partial charge is 0.389 e. The van der Waals surface area contributed by atoms with E-state index in [0.29, 0.717) is 11.1 Å². The van der Waals surface area contributed by atoms with Crippen LogP contribution in [-0.2, 0) is 6.42 Å². The van der Waals surface area contributed by atoms with Crippen molar-refractivity contribution in [3.8, 4) is 0 Å². The lowest BCUT2D eigenvalue weighted by Gasteiger charge is -2.30. The Morgan fingerprint density at radius 3 is 2.62 bits per heavy atom. The summed E-state index contributed by atoms with van der Waals surface area (Å²) >= 11 is 1.74. The Morgan fingerprint density at radius 1 is 1.33 bits per heavy atom. The van der Waals surface area contributed by atoms with E-state index in [9.17, 15) is 9.50 Å². The molecule has 114 valence electrons. The molecule has 1 heterocycles. The first-order chi connectivity index (χ1) is 9.90. The number of hydrogen-bond donors (Lipinski definition) is 1. The molecule has 0 bridgehead atoms. The molecule has 2 aromatic rings. The molecule has 1 N–H and O–H groups in total. The molecule has 0 aliphatic rings. The molecule has 1 aromatic heterocycles. The van der Waals surface area contributed by atoms with Gasteiger partial charge in [0.1, 0.15) is 5.82 Å². The van der Waals surface area contributed by atoms with Crippen LogP contribution in [0.25, 0.3) is 0 Å². The van der Waals surface area contributed by atoms with Crippen LogP contribution in [0.5, 0.6) is 0 Å². The zero-order chi connectivity index (χ0) is 15.6. The molecule has 0 aliphatic heterocycles. The number of benzene rings is 1. The van der Waals surface area contributed by atoms with Crippen molar-refractivity contribution in [2.75, 3.05) is 11.9 Å². The topological polar surface area (TPSA) is 23.5 Å². The fourth-order valence-corrected chi connectivity index (χ4v) is 3.24. The van der Waals surface area contributed by atoms with Crippen molar-refractivity contribution >= 4 is 17.0 Å². The summed E-state index contributed by atoms with van der Waals surface area (Å²) in [6.45, 7) is 5.57. The van der Waals surface area contributed by atoms with Crippen LogP contribution < -0.4 is 4.90 Å². The molecular weight excluding hydrogens is 285 g/mol. The number of aliphatic hydroxyl groups is 1.